The summed E-state index contributed by atoms with van der Waals surface area (Å²) in [5, 5.41) is 7.31. The van der Waals surface area contributed by atoms with E-state index in [9.17, 15) is 9.59 Å². The topological polar surface area (TPSA) is 64.0 Å². The number of anilines is 1. The Labute approximate surface area is 121 Å². The smallest absolute Gasteiger partial charge is 0.276 e. The van der Waals surface area contributed by atoms with Gasteiger partial charge in [0.05, 0.1) is 0 Å². The first-order valence-corrected chi connectivity index (χ1v) is 6.55. The number of hydrogen-bond donors (Lipinski definition) is 1. The maximum absolute atomic E-state index is 12.1. The molecule has 1 aromatic heterocycles. The Balaban J connectivity index is 2.28. The Morgan fingerprint density at radius 2 is 2.10 bits per heavy atom. The van der Waals surface area contributed by atoms with Gasteiger partial charge < -0.3 is 5.32 Å². The van der Waals surface area contributed by atoms with Gasteiger partial charge in [0.1, 0.15) is 5.69 Å². The summed E-state index contributed by atoms with van der Waals surface area (Å²) in [5.74, 6) is -0.377. The van der Waals surface area contributed by atoms with Crippen LogP contribution in [0.1, 0.15) is 23.0 Å². The maximum atomic E-state index is 12.1. The van der Waals surface area contributed by atoms with Crippen LogP contribution >= 0.6 is 11.6 Å². The molecule has 0 saturated carbocycles. The van der Waals surface area contributed by atoms with E-state index in [1.165, 1.54) is 16.8 Å². The molecular formula is C14H14ClN3O2. The number of halogens is 1. The molecule has 0 saturated heterocycles. The van der Waals surface area contributed by atoms with Crippen LogP contribution in [0.15, 0.2) is 35.1 Å². The van der Waals surface area contributed by atoms with Gasteiger partial charge in [0.2, 0.25) is 0 Å². The first-order valence-electron chi connectivity index (χ1n) is 6.17. The Hall–Kier alpha value is -2.14. The molecular weight excluding hydrogens is 278 g/mol. The highest BCUT2D eigenvalue weighted by Crippen LogP contribution is 2.23. The number of nitrogens with zero attached hydrogens (tertiary/aromatic N) is 2. The van der Waals surface area contributed by atoms with Crippen molar-refractivity contribution < 1.29 is 4.79 Å². The third-order valence-electron chi connectivity index (χ3n) is 2.91. The number of hydrogen-bond acceptors (Lipinski definition) is 3. The molecule has 0 unspecified atom stereocenters. The molecule has 6 heteroatoms. The van der Waals surface area contributed by atoms with Crippen LogP contribution in [0.4, 0.5) is 5.69 Å². The molecule has 2 aromatic rings. The van der Waals surface area contributed by atoms with Crippen LogP contribution in [-0.4, -0.2) is 15.7 Å². The third kappa shape index (κ3) is 2.88. The van der Waals surface area contributed by atoms with Crippen molar-refractivity contribution in [2.45, 2.75) is 20.4 Å². The number of aromatic nitrogens is 2. The molecule has 0 spiro atoms. The molecule has 5 nitrogen and oxygen atoms in total. The molecule has 0 bridgehead atoms. The molecule has 1 heterocycles. The molecule has 0 aliphatic carbocycles. The van der Waals surface area contributed by atoms with E-state index in [0.29, 0.717) is 17.3 Å². The SMILES string of the molecule is CCn1nc(C(=O)Nc2cccc(Cl)c2C)ccc1=O. The predicted octanol–water partition coefficient (Wildman–Crippen LogP) is 2.48. The Kier molecular flexibility index (Phi) is 4.20. The molecule has 2 rings (SSSR count). The first kappa shape index (κ1) is 14.3. The van der Waals surface area contributed by atoms with E-state index in [4.69, 9.17) is 11.6 Å². The second-order valence-electron chi connectivity index (χ2n) is 4.24. The number of carbonyl (C=O) groups is 1. The predicted molar refractivity (Wildman–Crippen MR) is 78.3 cm³/mol. The van der Waals surface area contributed by atoms with Gasteiger partial charge >= 0.3 is 0 Å². The van der Waals surface area contributed by atoms with E-state index >= 15 is 0 Å². The average molecular weight is 292 g/mol. The molecule has 0 radical (unpaired) electrons. The van der Waals surface area contributed by atoms with Crippen molar-refractivity contribution in [3.63, 3.8) is 0 Å². The molecule has 1 N–H and O–H groups in total. The van der Waals surface area contributed by atoms with Gasteiger partial charge in [-0.15, -0.1) is 0 Å². The highest BCUT2D eigenvalue weighted by molar-refractivity contribution is 6.31. The normalized spacial score (nSPS) is 10.3. The van der Waals surface area contributed by atoms with Crippen LogP contribution in [0.25, 0.3) is 0 Å². The lowest BCUT2D eigenvalue weighted by molar-refractivity contribution is 0.102. The lowest BCUT2D eigenvalue weighted by Gasteiger charge is -2.09. The van der Waals surface area contributed by atoms with E-state index in [0.717, 1.165) is 5.56 Å². The largest absolute Gasteiger partial charge is 0.320 e. The summed E-state index contributed by atoms with van der Waals surface area (Å²) in [6, 6.07) is 8.00. The number of rotatable bonds is 3. The zero-order chi connectivity index (χ0) is 14.7. The molecule has 0 fully saturated rings. The molecule has 0 atom stereocenters. The van der Waals surface area contributed by atoms with Gasteiger partial charge in [-0.3, -0.25) is 9.59 Å². The van der Waals surface area contributed by atoms with Crippen molar-refractivity contribution >= 4 is 23.2 Å². The van der Waals surface area contributed by atoms with Crippen molar-refractivity contribution in [1.82, 2.24) is 9.78 Å². The summed E-state index contributed by atoms with van der Waals surface area (Å²) in [6.07, 6.45) is 0. The highest BCUT2D eigenvalue weighted by Gasteiger charge is 2.11. The van der Waals surface area contributed by atoms with Crippen molar-refractivity contribution in [2.75, 3.05) is 5.32 Å². The summed E-state index contributed by atoms with van der Waals surface area (Å²) < 4.78 is 1.24. The summed E-state index contributed by atoms with van der Waals surface area (Å²) in [6.45, 7) is 4.02. The van der Waals surface area contributed by atoms with Gasteiger partial charge in [0, 0.05) is 23.3 Å². The van der Waals surface area contributed by atoms with E-state index in [2.05, 4.69) is 10.4 Å². The molecule has 0 aliphatic rings. The fourth-order valence-electron chi connectivity index (χ4n) is 1.73. The Morgan fingerprint density at radius 3 is 2.80 bits per heavy atom. The fourth-order valence-corrected chi connectivity index (χ4v) is 1.90. The van der Waals surface area contributed by atoms with E-state index in [1.807, 2.05) is 6.92 Å². The lowest BCUT2D eigenvalue weighted by atomic mass is 10.2. The lowest BCUT2D eigenvalue weighted by Crippen LogP contribution is -2.25. The minimum absolute atomic E-state index is 0.186. The van der Waals surface area contributed by atoms with Gasteiger partial charge in [0.15, 0.2) is 0 Å². The second-order valence-corrected chi connectivity index (χ2v) is 4.65. The minimum Gasteiger partial charge on any atom is -0.320 e. The van der Waals surface area contributed by atoms with Crippen molar-refractivity contribution in [2.24, 2.45) is 0 Å². The van der Waals surface area contributed by atoms with Gasteiger partial charge in [-0.2, -0.15) is 5.10 Å². The van der Waals surface area contributed by atoms with Gasteiger partial charge in [0.25, 0.3) is 11.5 Å². The molecule has 0 aliphatic heterocycles. The number of aryl methyl sites for hydroxylation is 1. The van der Waals surface area contributed by atoms with E-state index in [1.54, 1.807) is 25.1 Å². The minimum atomic E-state index is -0.377. The first-order chi connectivity index (χ1) is 9.52. The standard InChI is InChI=1S/C14H14ClN3O2/c1-3-18-13(19)8-7-12(17-18)14(20)16-11-6-4-5-10(15)9(11)2/h4-8H,3H2,1-2H3,(H,16,20). The Morgan fingerprint density at radius 1 is 1.35 bits per heavy atom. The van der Waals surface area contributed by atoms with Crippen molar-refractivity contribution in [1.29, 1.82) is 0 Å². The summed E-state index contributed by atoms with van der Waals surface area (Å²) in [4.78, 5) is 23.6. The summed E-state index contributed by atoms with van der Waals surface area (Å²) in [5.41, 5.74) is 1.36. The summed E-state index contributed by atoms with van der Waals surface area (Å²) in [7, 11) is 0. The fraction of sp³-hybridized carbons (Fsp3) is 0.214. The molecule has 20 heavy (non-hydrogen) atoms. The average Bonchev–Trinajstić information content (AvgIpc) is 2.44. The molecule has 104 valence electrons. The number of carbonyl (C=O) groups excluding carboxylic acids is 1. The van der Waals surface area contributed by atoms with Gasteiger partial charge in [-0.05, 0) is 37.6 Å². The van der Waals surface area contributed by atoms with Crippen LogP contribution in [0, 0.1) is 6.92 Å². The third-order valence-corrected chi connectivity index (χ3v) is 3.32. The number of nitrogens with one attached hydrogen (secondary N) is 1. The van der Waals surface area contributed by atoms with Crippen LogP contribution in [-0.2, 0) is 6.54 Å². The number of benzene rings is 1. The zero-order valence-electron chi connectivity index (χ0n) is 11.2. The van der Waals surface area contributed by atoms with Gasteiger partial charge in [-0.1, -0.05) is 17.7 Å². The van der Waals surface area contributed by atoms with Crippen LogP contribution in [0.3, 0.4) is 0 Å². The molecule has 1 amide bonds. The van der Waals surface area contributed by atoms with E-state index < -0.39 is 0 Å². The van der Waals surface area contributed by atoms with Crippen LogP contribution < -0.4 is 10.9 Å². The van der Waals surface area contributed by atoms with E-state index in [-0.39, 0.29) is 17.2 Å². The Bertz CT molecular complexity index is 710. The quantitative estimate of drug-likeness (QED) is 0.945. The van der Waals surface area contributed by atoms with Gasteiger partial charge in [-0.25, -0.2) is 4.68 Å². The summed E-state index contributed by atoms with van der Waals surface area (Å²) >= 11 is 6.00. The zero-order valence-corrected chi connectivity index (χ0v) is 11.9. The molecule has 1 aromatic carbocycles. The number of amides is 1. The highest BCUT2D eigenvalue weighted by atomic mass is 35.5. The van der Waals surface area contributed by atoms with Crippen molar-refractivity contribution in [3.05, 3.63) is 57.0 Å². The second kappa shape index (κ2) is 5.88. The van der Waals surface area contributed by atoms with Crippen molar-refractivity contribution in [3.8, 4) is 0 Å². The van der Waals surface area contributed by atoms with Crippen LogP contribution in [0.5, 0.6) is 0 Å². The maximum Gasteiger partial charge on any atom is 0.276 e. The monoisotopic (exact) mass is 291 g/mol. The van der Waals surface area contributed by atoms with Crippen LogP contribution in [0.2, 0.25) is 5.02 Å².